The van der Waals surface area contributed by atoms with Crippen molar-refractivity contribution < 1.29 is 14.6 Å². The minimum atomic E-state index is -0.355. The number of likely N-dealkylation sites (tertiary alicyclic amines) is 1. The van der Waals surface area contributed by atoms with Crippen LogP contribution in [0.5, 0.6) is 11.5 Å². The van der Waals surface area contributed by atoms with E-state index in [9.17, 15) is 9.90 Å². The third kappa shape index (κ3) is 3.93. The van der Waals surface area contributed by atoms with Crippen LogP contribution in [0.2, 0.25) is 0 Å². The van der Waals surface area contributed by atoms with Crippen LogP contribution in [0.1, 0.15) is 39.9 Å². The largest absolute Gasteiger partial charge is 0.507 e. The Labute approximate surface area is 200 Å². The molecule has 2 heterocycles. The number of ether oxygens (including phenoxy) is 1. The summed E-state index contributed by atoms with van der Waals surface area (Å²) in [5.41, 5.74) is 11.6. The van der Waals surface area contributed by atoms with Crippen LogP contribution in [0.25, 0.3) is 0 Å². The zero-order chi connectivity index (χ0) is 23.8. The van der Waals surface area contributed by atoms with E-state index >= 15 is 0 Å². The molecular formula is C28H31N3O3. The van der Waals surface area contributed by atoms with E-state index in [1.165, 1.54) is 0 Å². The first-order valence-corrected chi connectivity index (χ1v) is 11.8. The van der Waals surface area contributed by atoms with E-state index in [0.717, 1.165) is 40.0 Å². The van der Waals surface area contributed by atoms with Gasteiger partial charge in [-0.25, -0.2) is 10.9 Å². The van der Waals surface area contributed by atoms with Crippen molar-refractivity contribution in [2.24, 2.45) is 5.92 Å². The number of aryl methyl sites for hydroxylation is 2. The van der Waals surface area contributed by atoms with Crippen molar-refractivity contribution in [1.82, 2.24) is 15.8 Å². The molecule has 2 aliphatic rings. The Bertz CT molecular complexity index is 1180. The van der Waals surface area contributed by atoms with Gasteiger partial charge in [0.1, 0.15) is 17.5 Å². The van der Waals surface area contributed by atoms with Gasteiger partial charge in [0.25, 0.3) is 0 Å². The molecular weight excluding hydrogens is 426 g/mol. The molecule has 5 rings (SSSR count). The zero-order valence-corrected chi connectivity index (χ0v) is 19.8. The molecule has 0 aliphatic carbocycles. The molecule has 6 nitrogen and oxygen atoms in total. The lowest BCUT2D eigenvalue weighted by molar-refractivity contribution is -0.130. The highest BCUT2D eigenvalue weighted by atomic mass is 16.5. The lowest BCUT2D eigenvalue weighted by Gasteiger charge is -2.32. The van der Waals surface area contributed by atoms with Gasteiger partial charge in [-0.2, -0.15) is 0 Å². The fourth-order valence-corrected chi connectivity index (χ4v) is 5.54. The molecule has 3 aromatic carbocycles. The van der Waals surface area contributed by atoms with Crippen LogP contribution in [0, 0.1) is 19.8 Å². The Kier molecular flexibility index (Phi) is 6.02. The number of phenolic OH excluding ortho intramolecular Hbond substituents is 1. The molecule has 0 radical (unpaired) electrons. The van der Waals surface area contributed by atoms with Crippen LogP contribution >= 0.6 is 0 Å². The van der Waals surface area contributed by atoms with E-state index in [2.05, 4.69) is 23.0 Å². The third-order valence-corrected chi connectivity index (χ3v) is 7.16. The molecule has 0 aromatic heterocycles. The summed E-state index contributed by atoms with van der Waals surface area (Å²) in [6.07, 6.45) is 0.755. The minimum Gasteiger partial charge on any atom is -0.507 e. The van der Waals surface area contributed by atoms with Gasteiger partial charge in [-0.05, 0) is 49.1 Å². The van der Waals surface area contributed by atoms with Gasteiger partial charge in [0.15, 0.2) is 0 Å². The number of rotatable bonds is 6. The van der Waals surface area contributed by atoms with Crippen molar-refractivity contribution in [3.63, 3.8) is 0 Å². The molecule has 6 heteroatoms. The highest BCUT2D eigenvalue weighted by molar-refractivity contribution is 5.86. The number of nitrogens with zero attached hydrogens (tertiary/aromatic N) is 1. The van der Waals surface area contributed by atoms with Crippen molar-refractivity contribution in [3.8, 4) is 11.5 Å². The first kappa shape index (κ1) is 22.4. The predicted molar refractivity (Wildman–Crippen MR) is 131 cm³/mol. The first-order chi connectivity index (χ1) is 16.5. The molecule has 4 unspecified atom stereocenters. The van der Waals surface area contributed by atoms with Crippen LogP contribution in [0.4, 0.5) is 0 Å². The summed E-state index contributed by atoms with van der Waals surface area (Å²) in [7, 11) is 1.66. The van der Waals surface area contributed by atoms with Crippen molar-refractivity contribution >= 4 is 5.91 Å². The van der Waals surface area contributed by atoms with E-state index in [4.69, 9.17) is 4.74 Å². The number of carbonyl (C=O) groups excluding carboxylic acids is 1. The van der Waals surface area contributed by atoms with Gasteiger partial charge in [-0.15, -0.1) is 0 Å². The van der Waals surface area contributed by atoms with Crippen LogP contribution in [0.3, 0.4) is 0 Å². The standard InChI is InChI=1S/C28H31N3O3/c1-17-15-18(2)27(32)22(16-17)24-23-25(30-29-24)28(33)31(26(23)20-7-5-4-6-8-20)14-13-19-9-11-21(34-3)12-10-19/h4-12,15-16,23-26,29-30,32H,13-14H2,1-3H3. The Morgan fingerprint density at radius 2 is 1.68 bits per heavy atom. The molecule has 2 saturated heterocycles. The number of phenols is 1. The van der Waals surface area contributed by atoms with Crippen LogP contribution in [-0.4, -0.2) is 35.6 Å². The summed E-state index contributed by atoms with van der Waals surface area (Å²) in [6.45, 7) is 4.57. The van der Waals surface area contributed by atoms with Gasteiger partial charge in [0.2, 0.25) is 5.91 Å². The molecule has 0 bridgehead atoms. The second-order valence-corrected chi connectivity index (χ2v) is 9.33. The van der Waals surface area contributed by atoms with E-state index in [0.29, 0.717) is 12.3 Å². The lowest BCUT2D eigenvalue weighted by atomic mass is 9.82. The normalized spacial score (nSPS) is 23.9. The molecule has 2 aliphatic heterocycles. The number of hydrogen-bond acceptors (Lipinski definition) is 5. The van der Waals surface area contributed by atoms with Crippen molar-refractivity contribution in [2.45, 2.75) is 38.4 Å². The van der Waals surface area contributed by atoms with E-state index in [-0.39, 0.29) is 30.0 Å². The first-order valence-electron chi connectivity index (χ1n) is 11.8. The number of aromatic hydroxyl groups is 1. The summed E-state index contributed by atoms with van der Waals surface area (Å²) in [4.78, 5) is 15.6. The van der Waals surface area contributed by atoms with E-state index in [1.807, 2.05) is 73.3 Å². The molecule has 3 N–H and O–H groups in total. The number of fused-ring (bicyclic) bond motifs is 1. The summed E-state index contributed by atoms with van der Waals surface area (Å²) in [5, 5.41) is 10.9. The van der Waals surface area contributed by atoms with Gasteiger partial charge in [0, 0.05) is 18.0 Å². The SMILES string of the molecule is COc1ccc(CCN2C(=O)C3NNC(c4cc(C)cc(C)c4O)C3C2c2ccccc2)cc1. The lowest BCUT2D eigenvalue weighted by Crippen LogP contribution is -2.42. The van der Waals surface area contributed by atoms with Crippen molar-refractivity contribution in [2.75, 3.05) is 13.7 Å². The van der Waals surface area contributed by atoms with Crippen molar-refractivity contribution in [3.05, 3.63) is 94.5 Å². The fraction of sp³-hybridized carbons (Fsp3) is 0.321. The number of hydrazine groups is 1. The summed E-state index contributed by atoms with van der Waals surface area (Å²) in [6, 6.07) is 21.6. The second-order valence-electron chi connectivity index (χ2n) is 9.33. The second kappa shape index (κ2) is 9.12. The highest BCUT2D eigenvalue weighted by Gasteiger charge is 2.55. The van der Waals surface area contributed by atoms with Gasteiger partial charge >= 0.3 is 0 Å². The Balaban J connectivity index is 1.49. The molecule has 0 saturated carbocycles. The van der Waals surface area contributed by atoms with Crippen LogP contribution in [-0.2, 0) is 11.2 Å². The average molecular weight is 458 g/mol. The number of methoxy groups -OCH3 is 1. The molecule has 0 spiro atoms. The average Bonchev–Trinajstić information content (AvgIpc) is 3.39. The number of hydrogen-bond donors (Lipinski definition) is 3. The molecule has 4 atom stereocenters. The minimum absolute atomic E-state index is 0.0575. The molecule has 1 amide bonds. The fourth-order valence-electron chi connectivity index (χ4n) is 5.54. The van der Waals surface area contributed by atoms with E-state index < -0.39 is 0 Å². The smallest absolute Gasteiger partial charge is 0.242 e. The highest BCUT2D eigenvalue weighted by Crippen LogP contribution is 2.49. The number of benzene rings is 3. The molecule has 34 heavy (non-hydrogen) atoms. The van der Waals surface area contributed by atoms with Crippen LogP contribution < -0.4 is 15.6 Å². The number of nitrogens with one attached hydrogen (secondary N) is 2. The Morgan fingerprint density at radius 3 is 2.38 bits per heavy atom. The number of carbonyl (C=O) groups is 1. The van der Waals surface area contributed by atoms with Gasteiger partial charge in [-0.1, -0.05) is 60.2 Å². The maximum Gasteiger partial charge on any atom is 0.242 e. The maximum atomic E-state index is 13.6. The summed E-state index contributed by atoms with van der Waals surface area (Å²) in [5.74, 6) is 1.15. The van der Waals surface area contributed by atoms with Gasteiger partial charge in [0.05, 0.1) is 19.2 Å². The molecule has 176 valence electrons. The Hall–Kier alpha value is -3.35. The topological polar surface area (TPSA) is 73.8 Å². The van der Waals surface area contributed by atoms with Gasteiger partial charge in [-0.3, -0.25) is 4.79 Å². The molecule has 2 fully saturated rings. The third-order valence-electron chi connectivity index (χ3n) is 7.16. The Morgan fingerprint density at radius 1 is 0.971 bits per heavy atom. The molecule has 3 aromatic rings. The predicted octanol–water partition coefficient (Wildman–Crippen LogP) is 3.98. The van der Waals surface area contributed by atoms with Gasteiger partial charge < -0.3 is 14.7 Å². The zero-order valence-electron chi connectivity index (χ0n) is 19.8. The quantitative estimate of drug-likeness (QED) is 0.522. The number of amides is 1. The van der Waals surface area contributed by atoms with Crippen LogP contribution in [0.15, 0.2) is 66.7 Å². The monoisotopic (exact) mass is 457 g/mol. The maximum absolute atomic E-state index is 13.6. The van der Waals surface area contributed by atoms with E-state index in [1.54, 1.807) is 7.11 Å². The van der Waals surface area contributed by atoms with Crippen molar-refractivity contribution in [1.29, 1.82) is 0 Å². The summed E-state index contributed by atoms with van der Waals surface area (Å²) >= 11 is 0. The summed E-state index contributed by atoms with van der Waals surface area (Å²) < 4.78 is 5.27.